The zero-order valence-electron chi connectivity index (χ0n) is 19.6. The van der Waals surface area contributed by atoms with Gasteiger partial charge in [-0.25, -0.2) is 4.98 Å². The lowest BCUT2D eigenvalue weighted by Crippen LogP contribution is -2.12. The lowest BCUT2D eigenvalue weighted by Gasteiger charge is -2.09. The van der Waals surface area contributed by atoms with E-state index < -0.39 is 0 Å². The maximum atomic E-state index is 10.9. The first-order valence-corrected chi connectivity index (χ1v) is 11.7. The summed E-state index contributed by atoms with van der Waals surface area (Å²) in [4.78, 5) is 27.8. The Bertz CT molecular complexity index is 1690. The standard InChI is InChI=1S/C28H23N7O/c1-17(16-36)13-32-20-10-19(14-29-15-20)18-5-6-25-23(11-18)27(35-34-25)26-12-22-21(7-9-31-28(22)33-26)24-4-2-3-8-30-24/h2-12,14-17,32H,13H2,1H3,(H,31,33)(H,34,35). The third-order valence-electron chi connectivity index (χ3n) is 6.22. The smallest absolute Gasteiger partial charge is 0.138 e. The van der Waals surface area contributed by atoms with E-state index in [0.717, 1.165) is 67.7 Å². The number of aromatic nitrogens is 6. The number of pyridine rings is 3. The molecule has 3 N–H and O–H groups in total. The molecule has 8 nitrogen and oxygen atoms in total. The number of aromatic amines is 2. The maximum absolute atomic E-state index is 10.9. The summed E-state index contributed by atoms with van der Waals surface area (Å²) >= 11 is 0. The van der Waals surface area contributed by atoms with Crippen molar-refractivity contribution in [1.82, 2.24) is 30.1 Å². The van der Waals surface area contributed by atoms with Crippen molar-refractivity contribution in [1.29, 1.82) is 0 Å². The van der Waals surface area contributed by atoms with Crippen LogP contribution >= 0.6 is 0 Å². The van der Waals surface area contributed by atoms with Gasteiger partial charge in [-0.2, -0.15) is 5.10 Å². The van der Waals surface area contributed by atoms with Crippen molar-refractivity contribution in [2.24, 2.45) is 5.92 Å². The van der Waals surface area contributed by atoms with Gasteiger partial charge in [-0.05, 0) is 48.0 Å². The zero-order valence-corrected chi connectivity index (χ0v) is 19.6. The molecule has 0 radical (unpaired) electrons. The van der Waals surface area contributed by atoms with E-state index in [0.29, 0.717) is 6.54 Å². The van der Waals surface area contributed by atoms with Crippen LogP contribution in [0.3, 0.4) is 0 Å². The van der Waals surface area contributed by atoms with Crippen LogP contribution in [0.5, 0.6) is 0 Å². The van der Waals surface area contributed by atoms with Crippen LogP contribution in [0.2, 0.25) is 0 Å². The number of nitrogens with one attached hydrogen (secondary N) is 3. The first-order chi connectivity index (χ1) is 17.7. The number of aldehydes is 1. The highest BCUT2D eigenvalue weighted by molar-refractivity contribution is 6.00. The van der Waals surface area contributed by atoms with Crippen LogP contribution in [0.4, 0.5) is 5.69 Å². The summed E-state index contributed by atoms with van der Waals surface area (Å²) in [6, 6.07) is 18.2. The van der Waals surface area contributed by atoms with Crippen molar-refractivity contribution < 1.29 is 4.79 Å². The minimum atomic E-state index is -0.0671. The van der Waals surface area contributed by atoms with Crippen LogP contribution in [0.15, 0.2) is 79.4 Å². The molecule has 0 aliphatic carbocycles. The molecule has 36 heavy (non-hydrogen) atoms. The van der Waals surface area contributed by atoms with Crippen LogP contribution in [0.1, 0.15) is 6.92 Å². The van der Waals surface area contributed by atoms with Gasteiger partial charge in [-0.15, -0.1) is 0 Å². The molecule has 176 valence electrons. The van der Waals surface area contributed by atoms with Crippen molar-refractivity contribution in [2.75, 3.05) is 11.9 Å². The zero-order chi connectivity index (χ0) is 24.5. The van der Waals surface area contributed by atoms with Crippen LogP contribution in [0.25, 0.3) is 55.7 Å². The molecule has 0 spiro atoms. The Hall–Kier alpha value is -4.85. The van der Waals surface area contributed by atoms with Gasteiger partial charge in [0, 0.05) is 59.1 Å². The molecule has 5 aromatic heterocycles. The van der Waals surface area contributed by atoms with Gasteiger partial charge in [0.2, 0.25) is 0 Å². The number of H-pyrrole nitrogens is 2. The van der Waals surface area contributed by atoms with Crippen molar-refractivity contribution >= 4 is 33.9 Å². The second-order valence-electron chi connectivity index (χ2n) is 8.81. The van der Waals surface area contributed by atoms with Crippen LogP contribution in [0, 0.1) is 5.92 Å². The summed E-state index contributed by atoms with van der Waals surface area (Å²) in [6.45, 7) is 2.44. The van der Waals surface area contributed by atoms with Gasteiger partial charge in [-0.1, -0.05) is 19.1 Å². The largest absolute Gasteiger partial charge is 0.383 e. The molecule has 1 atom stereocenters. The Morgan fingerprint density at radius 3 is 2.78 bits per heavy atom. The first kappa shape index (κ1) is 21.7. The van der Waals surface area contributed by atoms with Gasteiger partial charge in [0.25, 0.3) is 0 Å². The van der Waals surface area contributed by atoms with Crippen molar-refractivity contribution in [3.8, 4) is 33.8 Å². The Labute approximate surface area is 206 Å². The molecule has 6 aromatic rings. The Kier molecular flexibility index (Phi) is 5.46. The predicted molar refractivity (Wildman–Crippen MR) is 141 cm³/mol. The quantitative estimate of drug-likeness (QED) is 0.265. The Balaban J connectivity index is 1.39. The summed E-state index contributed by atoms with van der Waals surface area (Å²) < 4.78 is 0. The van der Waals surface area contributed by atoms with Crippen molar-refractivity contribution in [3.05, 3.63) is 79.4 Å². The van der Waals surface area contributed by atoms with Crippen LogP contribution < -0.4 is 5.32 Å². The van der Waals surface area contributed by atoms with E-state index in [1.807, 2.05) is 55.6 Å². The summed E-state index contributed by atoms with van der Waals surface area (Å²) in [7, 11) is 0. The topological polar surface area (TPSA) is 112 Å². The highest BCUT2D eigenvalue weighted by atomic mass is 16.1. The van der Waals surface area contributed by atoms with Crippen molar-refractivity contribution in [2.45, 2.75) is 6.92 Å². The third kappa shape index (κ3) is 3.98. The average molecular weight is 474 g/mol. The van der Waals surface area contributed by atoms with E-state index in [1.54, 1.807) is 18.6 Å². The Morgan fingerprint density at radius 1 is 0.972 bits per heavy atom. The third-order valence-corrected chi connectivity index (χ3v) is 6.22. The van der Waals surface area contributed by atoms with Gasteiger partial charge in [0.15, 0.2) is 0 Å². The molecule has 0 saturated carbocycles. The number of fused-ring (bicyclic) bond motifs is 2. The second kappa shape index (κ2) is 9.07. The van der Waals surface area contributed by atoms with E-state index in [1.165, 1.54) is 0 Å². The van der Waals surface area contributed by atoms with Gasteiger partial charge in [0.1, 0.15) is 17.6 Å². The van der Waals surface area contributed by atoms with E-state index in [9.17, 15) is 4.79 Å². The molecule has 0 aliphatic heterocycles. The van der Waals surface area contributed by atoms with Crippen LogP contribution in [-0.4, -0.2) is 43.0 Å². The summed E-state index contributed by atoms with van der Waals surface area (Å²) in [5.41, 5.74) is 8.20. The summed E-state index contributed by atoms with van der Waals surface area (Å²) in [5, 5.41) is 13.0. The lowest BCUT2D eigenvalue weighted by atomic mass is 10.0. The molecule has 6 rings (SSSR count). The van der Waals surface area contributed by atoms with Gasteiger partial charge in [-0.3, -0.25) is 15.1 Å². The van der Waals surface area contributed by atoms with Gasteiger partial charge < -0.3 is 15.1 Å². The van der Waals surface area contributed by atoms with Gasteiger partial charge in [0.05, 0.1) is 22.6 Å². The first-order valence-electron chi connectivity index (χ1n) is 11.7. The fourth-order valence-electron chi connectivity index (χ4n) is 4.32. The SMILES string of the molecule is CC(C=O)CNc1cncc(-c2ccc3[nH]nc(-c4cc5c(-c6ccccn6)ccnc5[nH]4)c3c2)c1. The Morgan fingerprint density at radius 2 is 1.92 bits per heavy atom. The van der Waals surface area contributed by atoms with Crippen LogP contribution in [-0.2, 0) is 4.79 Å². The molecule has 0 amide bonds. The minimum absolute atomic E-state index is 0.0671. The highest BCUT2D eigenvalue weighted by Gasteiger charge is 2.15. The molecular formula is C28H23N7O. The maximum Gasteiger partial charge on any atom is 0.138 e. The normalized spacial score (nSPS) is 12.1. The average Bonchev–Trinajstić information content (AvgIpc) is 3.56. The van der Waals surface area contributed by atoms with E-state index >= 15 is 0 Å². The van der Waals surface area contributed by atoms with Gasteiger partial charge >= 0.3 is 0 Å². The monoisotopic (exact) mass is 473 g/mol. The number of carbonyl (C=O) groups excluding carboxylic acids is 1. The fourth-order valence-corrected chi connectivity index (χ4v) is 4.32. The number of rotatable bonds is 7. The number of hydrogen-bond donors (Lipinski definition) is 3. The number of nitrogens with zero attached hydrogens (tertiary/aromatic N) is 4. The molecule has 1 aromatic carbocycles. The lowest BCUT2D eigenvalue weighted by molar-refractivity contribution is -0.110. The number of carbonyl (C=O) groups is 1. The number of hydrogen-bond acceptors (Lipinski definition) is 6. The molecule has 0 bridgehead atoms. The molecule has 0 fully saturated rings. The molecular weight excluding hydrogens is 450 g/mol. The van der Waals surface area contributed by atoms with E-state index in [-0.39, 0.29) is 5.92 Å². The van der Waals surface area contributed by atoms with E-state index in [2.05, 4.69) is 47.6 Å². The number of anilines is 1. The highest BCUT2D eigenvalue weighted by Crippen LogP contribution is 2.34. The summed E-state index contributed by atoms with van der Waals surface area (Å²) in [6.07, 6.45) is 8.12. The number of benzene rings is 1. The molecule has 0 saturated heterocycles. The molecule has 5 heterocycles. The molecule has 0 aliphatic rings. The van der Waals surface area contributed by atoms with Crippen molar-refractivity contribution in [3.63, 3.8) is 0 Å². The summed E-state index contributed by atoms with van der Waals surface area (Å²) in [5.74, 6) is -0.0671. The molecule has 8 heteroatoms. The molecule has 1 unspecified atom stereocenters. The second-order valence-corrected chi connectivity index (χ2v) is 8.81. The predicted octanol–water partition coefficient (Wildman–Crippen LogP) is 5.48. The fraction of sp³-hybridized carbons (Fsp3) is 0.107. The van der Waals surface area contributed by atoms with E-state index in [4.69, 9.17) is 0 Å². The minimum Gasteiger partial charge on any atom is -0.383 e.